The molecule has 3 aliphatic rings. The van der Waals surface area contributed by atoms with E-state index < -0.39 is 5.41 Å². The predicted octanol–water partition coefficient (Wildman–Crippen LogP) is 14.2. The van der Waals surface area contributed by atoms with Crippen LogP contribution in [0, 0.1) is 0 Å². The van der Waals surface area contributed by atoms with Crippen molar-refractivity contribution in [1.82, 2.24) is 19.9 Å². The van der Waals surface area contributed by atoms with Gasteiger partial charge in [-0.2, -0.15) is 0 Å². The van der Waals surface area contributed by atoms with E-state index in [9.17, 15) is 0 Å². The van der Waals surface area contributed by atoms with Crippen molar-refractivity contribution >= 4 is 28.8 Å². The van der Waals surface area contributed by atoms with Crippen LogP contribution in [0.1, 0.15) is 22.3 Å². The van der Waals surface area contributed by atoms with Crippen molar-refractivity contribution in [3.63, 3.8) is 0 Å². The SMILES string of the molecule is c1ccc(-c2cc(-c3cccc(-c4cnc5c(c4)C4(c6ccccc6-c6c4ccc4c6Sc6ccccc6N4c4ccccc4)c4cccnc4-5)c3)nc(-c3ccccc3)n2)cc1. The van der Waals surface area contributed by atoms with Crippen LogP contribution < -0.4 is 4.90 Å². The average molecular weight is 822 g/mol. The number of anilines is 3. The van der Waals surface area contributed by atoms with Gasteiger partial charge in [0.25, 0.3) is 0 Å². The van der Waals surface area contributed by atoms with Crippen molar-refractivity contribution in [3.05, 3.63) is 235 Å². The minimum absolute atomic E-state index is 0.628. The topological polar surface area (TPSA) is 54.8 Å². The van der Waals surface area contributed by atoms with Gasteiger partial charge in [0.05, 0.1) is 39.6 Å². The van der Waals surface area contributed by atoms with Gasteiger partial charge in [-0.05, 0) is 82.4 Å². The molecule has 63 heavy (non-hydrogen) atoms. The maximum absolute atomic E-state index is 5.32. The summed E-state index contributed by atoms with van der Waals surface area (Å²) >= 11 is 1.87. The second-order valence-electron chi connectivity index (χ2n) is 16.2. The molecule has 0 saturated carbocycles. The summed E-state index contributed by atoms with van der Waals surface area (Å²) in [6, 6.07) is 71.2. The summed E-state index contributed by atoms with van der Waals surface area (Å²) < 4.78 is 0. The van der Waals surface area contributed by atoms with Crippen LogP contribution in [0.4, 0.5) is 17.1 Å². The Bertz CT molecular complexity index is 3390. The Hall–Kier alpha value is -7.93. The molecular formula is C57H35N5S. The lowest BCUT2D eigenvalue weighted by Gasteiger charge is -2.35. The van der Waals surface area contributed by atoms with E-state index in [0.717, 1.165) is 67.4 Å². The zero-order valence-corrected chi connectivity index (χ0v) is 34.7. The van der Waals surface area contributed by atoms with E-state index in [4.69, 9.17) is 19.9 Å². The molecule has 1 atom stereocenters. The van der Waals surface area contributed by atoms with Crippen molar-refractivity contribution in [1.29, 1.82) is 0 Å². The molecule has 13 rings (SSSR count). The summed E-state index contributed by atoms with van der Waals surface area (Å²) in [5, 5.41) is 0. The monoisotopic (exact) mass is 821 g/mol. The lowest BCUT2D eigenvalue weighted by atomic mass is 9.70. The highest BCUT2D eigenvalue weighted by atomic mass is 32.2. The van der Waals surface area contributed by atoms with Gasteiger partial charge >= 0.3 is 0 Å². The standard InChI is InChI=1S/C57H35N5S/c1-4-16-36(17-5-1)47-34-48(61-56(60-47)37-18-6-2-7-19-37)39-21-14-20-38(32-39)40-33-46-54(59-35-40)53-45(26-15-31-58-53)57(46)43-25-11-10-24-42(43)52-44(57)29-30-50-55(52)63-51-28-13-12-27-49(51)62(50)41-22-8-3-9-23-41/h1-35H. The molecule has 4 heterocycles. The van der Waals surface area contributed by atoms with Crippen LogP contribution in [-0.4, -0.2) is 19.9 Å². The van der Waals surface area contributed by atoms with Gasteiger partial charge in [-0.1, -0.05) is 157 Å². The number of nitrogens with zero attached hydrogens (tertiary/aromatic N) is 5. The first-order chi connectivity index (χ1) is 31.2. The molecule has 0 N–H and O–H groups in total. The molecule has 1 spiro atoms. The summed E-state index contributed by atoms with van der Waals surface area (Å²) in [5.74, 6) is 0.693. The minimum Gasteiger partial charge on any atom is -0.308 e. The van der Waals surface area contributed by atoms with Crippen LogP contribution in [0.2, 0.25) is 0 Å². The number of para-hydroxylation sites is 2. The van der Waals surface area contributed by atoms with Crippen LogP contribution in [-0.2, 0) is 5.41 Å². The smallest absolute Gasteiger partial charge is 0.160 e. The molecule has 0 bridgehead atoms. The first-order valence-electron chi connectivity index (χ1n) is 21.2. The Morgan fingerprint density at radius 3 is 1.94 bits per heavy atom. The Morgan fingerprint density at radius 2 is 1.10 bits per heavy atom. The van der Waals surface area contributed by atoms with Crippen molar-refractivity contribution in [2.45, 2.75) is 15.2 Å². The van der Waals surface area contributed by atoms with E-state index in [1.807, 2.05) is 48.4 Å². The largest absolute Gasteiger partial charge is 0.308 e. The van der Waals surface area contributed by atoms with Crippen molar-refractivity contribution in [2.24, 2.45) is 0 Å². The summed E-state index contributed by atoms with van der Waals surface area (Å²) in [6.07, 6.45) is 3.91. The number of hydrogen-bond donors (Lipinski definition) is 0. The fourth-order valence-electron chi connectivity index (χ4n) is 10.1. The highest BCUT2D eigenvalue weighted by Crippen LogP contribution is 2.66. The molecule has 0 saturated heterocycles. The quantitative estimate of drug-likeness (QED) is 0.172. The van der Waals surface area contributed by atoms with E-state index >= 15 is 0 Å². The second kappa shape index (κ2) is 14.1. The van der Waals surface area contributed by atoms with Crippen LogP contribution in [0.15, 0.2) is 222 Å². The minimum atomic E-state index is -0.628. The molecule has 5 nitrogen and oxygen atoms in total. The fourth-order valence-corrected chi connectivity index (χ4v) is 11.3. The number of pyridine rings is 2. The second-order valence-corrected chi connectivity index (χ2v) is 17.2. The molecule has 6 heteroatoms. The average Bonchev–Trinajstić information content (AvgIpc) is 3.83. The fraction of sp³-hybridized carbons (Fsp3) is 0.0175. The van der Waals surface area contributed by atoms with Crippen LogP contribution in [0.25, 0.3) is 67.5 Å². The molecular weight excluding hydrogens is 787 g/mol. The summed E-state index contributed by atoms with van der Waals surface area (Å²) in [5.41, 5.74) is 18.9. The van der Waals surface area contributed by atoms with Crippen molar-refractivity contribution in [3.8, 4) is 67.5 Å². The number of benzene rings is 7. The van der Waals surface area contributed by atoms with Gasteiger partial charge in [0.1, 0.15) is 0 Å². The zero-order valence-electron chi connectivity index (χ0n) is 33.9. The molecule has 0 amide bonds. The van der Waals surface area contributed by atoms with Gasteiger partial charge in [-0.15, -0.1) is 0 Å². The molecule has 294 valence electrons. The molecule has 0 radical (unpaired) electrons. The molecule has 0 fully saturated rings. The highest BCUT2D eigenvalue weighted by Gasteiger charge is 2.54. The van der Waals surface area contributed by atoms with E-state index in [1.54, 1.807) is 0 Å². The maximum Gasteiger partial charge on any atom is 0.160 e. The van der Waals surface area contributed by atoms with Crippen LogP contribution >= 0.6 is 11.8 Å². The third-order valence-corrected chi connectivity index (χ3v) is 13.9. The third kappa shape index (κ3) is 5.38. The molecule has 10 aromatic rings. The van der Waals surface area contributed by atoms with Crippen molar-refractivity contribution in [2.75, 3.05) is 4.90 Å². The Labute approximate surface area is 369 Å². The van der Waals surface area contributed by atoms with Gasteiger partial charge < -0.3 is 4.90 Å². The number of hydrogen-bond acceptors (Lipinski definition) is 6. The Balaban J connectivity index is 1.00. The van der Waals surface area contributed by atoms with E-state index in [-0.39, 0.29) is 0 Å². The maximum atomic E-state index is 5.32. The summed E-state index contributed by atoms with van der Waals surface area (Å²) in [4.78, 5) is 25.5. The first-order valence-corrected chi connectivity index (χ1v) is 22.0. The van der Waals surface area contributed by atoms with Crippen LogP contribution in [0.3, 0.4) is 0 Å². The molecule has 1 unspecified atom stereocenters. The van der Waals surface area contributed by atoms with Gasteiger partial charge in [0.2, 0.25) is 0 Å². The highest BCUT2D eigenvalue weighted by molar-refractivity contribution is 8.00. The van der Waals surface area contributed by atoms with Crippen molar-refractivity contribution < 1.29 is 0 Å². The first kappa shape index (κ1) is 35.8. The lowest BCUT2D eigenvalue weighted by Crippen LogP contribution is -2.26. The van der Waals surface area contributed by atoms with Gasteiger partial charge in [-0.3, -0.25) is 9.97 Å². The van der Waals surface area contributed by atoms with Crippen LogP contribution in [0.5, 0.6) is 0 Å². The van der Waals surface area contributed by atoms with Gasteiger partial charge in [0, 0.05) is 61.3 Å². The zero-order chi connectivity index (χ0) is 41.5. The normalized spacial score (nSPS) is 15.0. The predicted molar refractivity (Wildman–Crippen MR) is 254 cm³/mol. The van der Waals surface area contributed by atoms with Gasteiger partial charge in [0.15, 0.2) is 5.82 Å². The van der Waals surface area contributed by atoms with Gasteiger partial charge in [-0.25, -0.2) is 9.97 Å². The molecule has 7 aromatic carbocycles. The Morgan fingerprint density at radius 1 is 0.429 bits per heavy atom. The number of aromatic nitrogens is 4. The number of fused-ring (bicyclic) bond motifs is 13. The lowest BCUT2D eigenvalue weighted by molar-refractivity contribution is 0.788. The van der Waals surface area contributed by atoms with E-state index in [0.29, 0.717) is 5.82 Å². The summed E-state index contributed by atoms with van der Waals surface area (Å²) in [7, 11) is 0. The van der Waals surface area contributed by atoms with E-state index in [2.05, 4.69) is 181 Å². The van der Waals surface area contributed by atoms with E-state index in [1.165, 1.54) is 43.4 Å². The Kier molecular flexibility index (Phi) is 7.99. The molecule has 1 aliphatic heterocycles. The third-order valence-electron chi connectivity index (χ3n) is 12.8. The molecule has 3 aromatic heterocycles. The molecule has 2 aliphatic carbocycles. The summed E-state index contributed by atoms with van der Waals surface area (Å²) in [6.45, 7) is 0. The number of rotatable bonds is 5.